The van der Waals surface area contributed by atoms with Crippen LogP contribution in [-0.2, 0) is 4.79 Å². The number of hydrogen-bond donors (Lipinski definition) is 0. The van der Waals surface area contributed by atoms with E-state index in [0.29, 0.717) is 32.6 Å². The van der Waals surface area contributed by atoms with Crippen LogP contribution in [0.5, 0.6) is 0 Å². The molecule has 0 bridgehead atoms. The average molecular weight is 428 g/mol. The lowest BCUT2D eigenvalue weighted by molar-refractivity contribution is -0.121. The predicted molar refractivity (Wildman–Crippen MR) is 112 cm³/mol. The number of hydrogen-bond acceptors (Lipinski definition) is 5. The normalized spacial score (nSPS) is 15.6. The van der Waals surface area contributed by atoms with Gasteiger partial charge in [0.1, 0.15) is 21.5 Å². The first-order valence-corrected chi connectivity index (χ1v) is 9.91. The molecule has 3 heterocycles. The zero-order valence-corrected chi connectivity index (χ0v) is 16.8. The van der Waals surface area contributed by atoms with Crippen LogP contribution < -0.4 is 0 Å². The van der Waals surface area contributed by atoms with Crippen LogP contribution in [0.1, 0.15) is 12.5 Å². The SMILES string of the molecule is CCN1C(=O)/C(=C/c2cn(-c3ccc(F)cc3F)nc2-c2cccnc2)SC1=S. The third kappa shape index (κ3) is 3.70. The summed E-state index contributed by atoms with van der Waals surface area (Å²) in [4.78, 5) is 18.7. The van der Waals surface area contributed by atoms with Gasteiger partial charge in [-0.15, -0.1) is 0 Å². The van der Waals surface area contributed by atoms with Gasteiger partial charge in [-0.2, -0.15) is 5.10 Å². The zero-order chi connectivity index (χ0) is 20.5. The second-order valence-corrected chi connectivity index (χ2v) is 7.82. The highest BCUT2D eigenvalue weighted by Crippen LogP contribution is 2.34. The predicted octanol–water partition coefficient (Wildman–Crippen LogP) is 4.43. The highest BCUT2D eigenvalue weighted by molar-refractivity contribution is 8.26. The third-order valence-corrected chi connectivity index (χ3v) is 5.69. The van der Waals surface area contributed by atoms with Crippen molar-refractivity contribution in [2.24, 2.45) is 0 Å². The Morgan fingerprint density at radius 2 is 2.10 bits per heavy atom. The topological polar surface area (TPSA) is 51.0 Å². The first kappa shape index (κ1) is 19.4. The minimum Gasteiger partial charge on any atom is -0.293 e. The number of rotatable bonds is 4. The first-order valence-electron chi connectivity index (χ1n) is 8.68. The van der Waals surface area contributed by atoms with Crippen LogP contribution in [0.4, 0.5) is 8.78 Å². The van der Waals surface area contributed by atoms with Gasteiger partial charge in [0.05, 0.1) is 4.91 Å². The van der Waals surface area contributed by atoms with Crippen LogP contribution in [0, 0.1) is 11.6 Å². The molecule has 5 nitrogen and oxygen atoms in total. The summed E-state index contributed by atoms with van der Waals surface area (Å²) in [7, 11) is 0. The Labute approximate surface area is 175 Å². The molecule has 2 aromatic heterocycles. The van der Waals surface area contributed by atoms with Crippen molar-refractivity contribution in [2.75, 3.05) is 6.54 Å². The van der Waals surface area contributed by atoms with E-state index in [4.69, 9.17) is 12.2 Å². The molecule has 3 aromatic rings. The van der Waals surface area contributed by atoms with Crippen molar-refractivity contribution < 1.29 is 13.6 Å². The van der Waals surface area contributed by atoms with E-state index in [0.717, 1.165) is 12.1 Å². The number of pyridine rings is 1. The summed E-state index contributed by atoms with van der Waals surface area (Å²) >= 11 is 6.47. The standard InChI is InChI=1S/C20H14F2N4OS2/c1-2-25-19(27)17(29-20(25)28)8-13-11-26(16-6-5-14(21)9-15(16)22)24-18(13)12-4-3-7-23-10-12/h3-11H,2H2,1H3/b17-8-. The molecular weight excluding hydrogens is 414 g/mol. The molecule has 4 rings (SSSR count). The first-order chi connectivity index (χ1) is 14.0. The summed E-state index contributed by atoms with van der Waals surface area (Å²) in [5, 5.41) is 4.47. The number of carbonyl (C=O) groups excluding carboxylic acids is 1. The molecule has 0 saturated carbocycles. The van der Waals surface area contributed by atoms with Gasteiger partial charge in [-0.05, 0) is 37.3 Å². The van der Waals surface area contributed by atoms with E-state index in [-0.39, 0.29) is 11.6 Å². The van der Waals surface area contributed by atoms with Gasteiger partial charge in [-0.3, -0.25) is 14.7 Å². The van der Waals surface area contributed by atoms with Crippen molar-refractivity contribution in [3.63, 3.8) is 0 Å². The maximum absolute atomic E-state index is 14.3. The highest BCUT2D eigenvalue weighted by atomic mass is 32.2. The molecular formula is C20H14F2N4OS2. The Kier molecular flexibility index (Phi) is 5.25. The fourth-order valence-corrected chi connectivity index (χ4v) is 4.30. The van der Waals surface area contributed by atoms with E-state index < -0.39 is 11.6 Å². The molecule has 1 aromatic carbocycles. The number of nitrogens with zero attached hydrogens (tertiary/aromatic N) is 4. The molecule has 0 aliphatic carbocycles. The average Bonchev–Trinajstić information content (AvgIpc) is 3.23. The van der Waals surface area contributed by atoms with Crippen molar-refractivity contribution in [1.29, 1.82) is 0 Å². The number of likely N-dealkylation sites (N-methyl/N-ethyl adjacent to an activating group) is 1. The number of aromatic nitrogens is 3. The zero-order valence-electron chi connectivity index (χ0n) is 15.2. The molecule has 0 atom stereocenters. The molecule has 29 heavy (non-hydrogen) atoms. The molecule has 146 valence electrons. The molecule has 1 saturated heterocycles. The minimum absolute atomic E-state index is 0.0947. The number of amides is 1. The molecule has 1 aliphatic rings. The van der Waals surface area contributed by atoms with Crippen molar-refractivity contribution in [1.82, 2.24) is 19.7 Å². The second-order valence-electron chi connectivity index (χ2n) is 6.14. The molecule has 1 amide bonds. The van der Waals surface area contributed by atoms with E-state index in [1.807, 2.05) is 13.0 Å². The summed E-state index contributed by atoms with van der Waals surface area (Å²) in [6.07, 6.45) is 6.54. The molecule has 1 aliphatic heterocycles. The molecule has 0 unspecified atom stereocenters. The number of benzene rings is 1. The molecule has 0 N–H and O–H groups in total. The lowest BCUT2D eigenvalue weighted by atomic mass is 10.1. The Balaban J connectivity index is 1.85. The Morgan fingerprint density at radius 3 is 2.76 bits per heavy atom. The van der Waals surface area contributed by atoms with Crippen LogP contribution in [0.15, 0.2) is 53.8 Å². The lowest BCUT2D eigenvalue weighted by Crippen LogP contribution is -2.27. The summed E-state index contributed by atoms with van der Waals surface area (Å²) in [5.41, 5.74) is 1.91. The fourth-order valence-electron chi connectivity index (χ4n) is 2.92. The Hall–Kier alpha value is -2.91. The molecule has 0 radical (unpaired) electrons. The van der Waals surface area contributed by atoms with Crippen LogP contribution >= 0.6 is 24.0 Å². The van der Waals surface area contributed by atoms with E-state index in [1.54, 1.807) is 30.7 Å². The lowest BCUT2D eigenvalue weighted by Gasteiger charge is -2.09. The van der Waals surface area contributed by atoms with Gasteiger partial charge in [-0.1, -0.05) is 24.0 Å². The van der Waals surface area contributed by atoms with Gasteiger partial charge in [0.15, 0.2) is 5.82 Å². The molecule has 9 heteroatoms. The van der Waals surface area contributed by atoms with E-state index in [1.165, 1.54) is 27.4 Å². The highest BCUT2D eigenvalue weighted by Gasteiger charge is 2.31. The van der Waals surface area contributed by atoms with Crippen molar-refractivity contribution >= 4 is 40.3 Å². The second kappa shape index (κ2) is 7.84. The Morgan fingerprint density at radius 1 is 1.28 bits per heavy atom. The monoisotopic (exact) mass is 428 g/mol. The van der Waals surface area contributed by atoms with Gasteiger partial charge >= 0.3 is 0 Å². The van der Waals surface area contributed by atoms with Crippen LogP contribution in [0.25, 0.3) is 23.0 Å². The van der Waals surface area contributed by atoms with Gasteiger partial charge in [0.2, 0.25) is 0 Å². The summed E-state index contributed by atoms with van der Waals surface area (Å²) < 4.78 is 29.4. The Bertz CT molecular complexity index is 1140. The van der Waals surface area contributed by atoms with Gasteiger partial charge in [0.25, 0.3) is 5.91 Å². The number of carbonyl (C=O) groups is 1. The van der Waals surface area contributed by atoms with Crippen molar-refractivity contribution in [2.45, 2.75) is 6.92 Å². The van der Waals surface area contributed by atoms with Crippen LogP contribution in [0.3, 0.4) is 0 Å². The van der Waals surface area contributed by atoms with Crippen LogP contribution in [-0.4, -0.2) is 36.4 Å². The maximum atomic E-state index is 14.3. The third-order valence-electron chi connectivity index (χ3n) is 4.31. The van der Waals surface area contributed by atoms with E-state index in [9.17, 15) is 13.6 Å². The van der Waals surface area contributed by atoms with E-state index in [2.05, 4.69) is 10.1 Å². The largest absolute Gasteiger partial charge is 0.293 e. The quantitative estimate of drug-likeness (QED) is 0.454. The summed E-state index contributed by atoms with van der Waals surface area (Å²) in [5.74, 6) is -1.59. The number of halogens is 2. The molecule has 1 fully saturated rings. The maximum Gasteiger partial charge on any atom is 0.266 e. The summed E-state index contributed by atoms with van der Waals surface area (Å²) in [6, 6.07) is 6.84. The smallest absolute Gasteiger partial charge is 0.266 e. The number of thiocarbonyl (C=S) groups is 1. The molecule has 0 spiro atoms. The summed E-state index contributed by atoms with van der Waals surface area (Å²) in [6.45, 7) is 2.33. The van der Waals surface area contributed by atoms with Crippen molar-refractivity contribution in [3.8, 4) is 16.9 Å². The van der Waals surface area contributed by atoms with Gasteiger partial charge < -0.3 is 0 Å². The minimum atomic E-state index is -0.742. The van der Waals surface area contributed by atoms with Gasteiger partial charge in [0, 0.05) is 42.3 Å². The van der Waals surface area contributed by atoms with Crippen molar-refractivity contribution in [3.05, 3.63) is 71.0 Å². The number of thioether (sulfide) groups is 1. The fraction of sp³-hybridized carbons (Fsp3) is 0.100. The van der Waals surface area contributed by atoms with E-state index >= 15 is 0 Å². The van der Waals surface area contributed by atoms with Gasteiger partial charge in [-0.25, -0.2) is 13.5 Å². The van der Waals surface area contributed by atoms with Crippen LogP contribution in [0.2, 0.25) is 0 Å².